The van der Waals surface area contributed by atoms with Crippen LogP contribution in [0.15, 0.2) is 0 Å². The Balaban J connectivity index is 2.29. The van der Waals surface area contributed by atoms with Crippen LogP contribution in [0, 0.1) is 0 Å². The Morgan fingerprint density at radius 3 is 2.87 bits per heavy atom. The van der Waals surface area contributed by atoms with Crippen LogP contribution < -0.4 is 5.32 Å². The molecule has 1 fully saturated rings. The number of rotatable bonds is 3. The van der Waals surface area contributed by atoms with Gasteiger partial charge in [-0.25, -0.2) is 0 Å². The normalized spacial score (nSPS) is 21.2. The van der Waals surface area contributed by atoms with E-state index < -0.39 is 0 Å². The van der Waals surface area contributed by atoms with Crippen LogP contribution in [0.25, 0.3) is 0 Å². The van der Waals surface area contributed by atoms with Crippen LogP contribution in [-0.4, -0.2) is 49.1 Å². The molecule has 1 saturated heterocycles. The molecule has 15 heavy (non-hydrogen) atoms. The first kappa shape index (κ1) is 12.0. The van der Waals surface area contributed by atoms with Gasteiger partial charge in [0.25, 0.3) is 0 Å². The number of nitrogens with zero attached hydrogens (tertiary/aromatic N) is 1. The predicted molar refractivity (Wildman–Crippen MR) is 55.3 cm³/mol. The van der Waals surface area contributed by atoms with E-state index in [1.165, 1.54) is 6.92 Å². The van der Waals surface area contributed by atoms with Gasteiger partial charge >= 0.3 is 0 Å². The number of morpholine rings is 1. The molecule has 5 nitrogen and oxygen atoms in total. The molecule has 0 aromatic rings. The van der Waals surface area contributed by atoms with E-state index in [9.17, 15) is 9.59 Å². The topological polar surface area (TPSA) is 58.6 Å². The lowest BCUT2D eigenvalue weighted by Gasteiger charge is -2.33. The zero-order valence-corrected chi connectivity index (χ0v) is 9.28. The fraction of sp³-hybridized carbons (Fsp3) is 0.800. The number of nitrogens with one attached hydrogen (secondary N) is 1. The van der Waals surface area contributed by atoms with Gasteiger partial charge in [0.15, 0.2) is 0 Å². The van der Waals surface area contributed by atoms with Gasteiger partial charge in [-0.05, 0) is 6.92 Å². The number of hydrogen-bond donors (Lipinski definition) is 1. The van der Waals surface area contributed by atoms with Crippen molar-refractivity contribution in [2.75, 3.05) is 26.3 Å². The van der Waals surface area contributed by atoms with Gasteiger partial charge in [0.2, 0.25) is 11.8 Å². The van der Waals surface area contributed by atoms with Gasteiger partial charge in [-0.3, -0.25) is 9.59 Å². The van der Waals surface area contributed by atoms with Crippen molar-refractivity contribution >= 4 is 11.8 Å². The smallest absolute Gasteiger partial charge is 0.224 e. The standard InChI is InChI=1S/C10H18N2O3/c1-8-7-15-6-5-12(8)10(14)3-4-11-9(2)13/h8H,3-7H2,1-2H3,(H,11,13). The Morgan fingerprint density at radius 1 is 1.53 bits per heavy atom. The van der Waals surface area contributed by atoms with Crippen molar-refractivity contribution in [3.63, 3.8) is 0 Å². The summed E-state index contributed by atoms with van der Waals surface area (Å²) in [6.45, 7) is 5.69. The van der Waals surface area contributed by atoms with Crippen LogP contribution in [0.2, 0.25) is 0 Å². The Bertz CT molecular complexity index is 243. The van der Waals surface area contributed by atoms with Crippen LogP contribution in [-0.2, 0) is 14.3 Å². The highest BCUT2D eigenvalue weighted by Crippen LogP contribution is 2.07. The molecule has 0 aliphatic carbocycles. The van der Waals surface area contributed by atoms with Crippen LogP contribution in [0.4, 0.5) is 0 Å². The highest BCUT2D eigenvalue weighted by molar-refractivity contribution is 5.78. The summed E-state index contributed by atoms with van der Waals surface area (Å²) >= 11 is 0. The summed E-state index contributed by atoms with van der Waals surface area (Å²) in [5.74, 6) is -0.0163. The van der Waals surface area contributed by atoms with E-state index in [0.717, 1.165) is 0 Å². The number of carbonyl (C=O) groups excluding carboxylic acids is 2. The lowest BCUT2D eigenvalue weighted by Crippen LogP contribution is -2.47. The van der Waals surface area contributed by atoms with Crippen LogP contribution >= 0.6 is 0 Å². The second kappa shape index (κ2) is 5.70. The van der Waals surface area contributed by atoms with Gasteiger partial charge in [0.1, 0.15) is 0 Å². The zero-order valence-electron chi connectivity index (χ0n) is 9.28. The first-order chi connectivity index (χ1) is 7.11. The minimum Gasteiger partial charge on any atom is -0.377 e. The van der Waals surface area contributed by atoms with Crippen molar-refractivity contribution in [3.05, 3.63) is 0 Å². The molecule has 1 rings (SSSR count). The Labute approximate surface area is 89.8 Å². The van der Waals surface area contributed by atoms with E-state index >= 15 is 0 Å². The molecule has 0 aromatic carbocycles. The molecule has 86 valence electrons. The average Bonchev–Trinajstić information content (AvgIpc) is 2.17. The lowest BCUT2D eigenvalue weighted by atomic mass is 10.2. The Kier molecular flexibility index (Phi) is 4.55. The van der Waals surface area contributed by atoms with Crippen molar-refractivity contribution in [2.24, 2.45) is 0 Å². The highest BCUT2D eigenvalue weighted by Gasteiger charge is 2.22. The molecule has 0 bridgehead atoms. The molecule has 0 spiro atoms. The third-order valence-corrected chi connectivity index (χ3v) is 2.40. The van der Waals surface area contributed by atoms with E-state index in [4.69, 9.17) is 4.74 Å². The van der Waals surface area contributed by atoms with E-state index in [0.29, 0.717) is 32.7 Å². The molecule has 1 atom stereocenters. The third-order valence-electron chi connectivity index (χ3n) is 2.40. The van der Waals surface area contributed by atoms with Gasteiger partial charge in [0.05, 0.1) is 19.3 Å². The van der Waals surface area contributed by atoms with Gasteiger partial charge < -0.3 is 15.0 Å². The van der Waals surface area contributed by atoms with E-state index in [-0.39, 0.29) is 17.9 Å². The minimum atomic E-state index is -0.0992. The summed E-state index contributed by atoms with van der Waals surface area (Å²) in [5.41, 5.74) is 0. The third kappa shape index (κ3) is 3.87. The van der Waals surface area contributed by atoms with Crippen molar-refractivity contribution < 1.29 is 14.3 Å². The summed E-state index contributed by atoms with van der Waals surface area (Å²) in [5, 5.41) is 2.61. The number of carbonyl (C=O) groups is 2. The molecular formula is C10H18N2O3. The maximum Gasteiger partial charge on any atom is 0.224 e. The molecular weight excluding hydrogens is 196 g/mol. The van der Waals surface area contributed by atoms with Gasteiger partial charge in [-0.15, -0.1) is 0 Å². The summed E-state index contributed by atoms with van der Waals surface area (Å²) in [4.78, 5) is 24.1. The van der Waals surface area contributed by atoms with Crippen molar-refractivity contribution in [1.29, 1.82) is 0 Å². The predicted octanol–water partition coefficient (Wildman–Crippen LogP) is -0.240. The fourth-order valence-corrected chi connectivity index (χ4v) is 1.59. The second-order valence-electron chi connectivity index (χ2n) is 3.74. The number of amides is 2. The number of ether oxygens (including phenoxy) is 1. The molecule has 1 aliphatic heterocycles. The van der Waals surface area contributed by atoms with E-state index in [1.54, 1.807) is 0 Å². The highest BCUT2D eigenvalue weighted by atomic mass is 16.5. The van der Waals surface area contributed by atoms with Crippen LogP contribution in [0.1, 0.15) is 20.3 Å². The molecule has 1 heterocycles. The minimum absolute atomic E-state index is 0.0829. The summed E-state index contributed by atoms with van der Waals surface area (Å²) in [6, 6.07) is 0.142. The second-order valence-corrected chi connectivity index (χ2v) is 3.74. The average molecular weight is 214 g/mol. The molecule has 2 amide bonds. The molecule has 1 N–H and O–H groups in total. The molecule has 1 unspecified atom stereocenters. The van der Waals surface area contributed by atoms with E-state index in [2.05, 4.69) is 5.32 Å². The molecule has 0 radical (unpaired) electrons. The first-order valence-corrected chi connectivity index (χ1v) is 5.23. The molecule has 0 aromatic heterocycles. The van der Waals surface area contributed by atoms with Crippen molar-refractivity contribution in [2.45, 2.75) is 26.3 Å². The molecule has 0 saturated carbocycles. The Morgan fingerprint density at radius 2 is 2.27 bits per heavy atom. The quantitative estimate of drug-likeness (QED) is 0.705. The lowest BCUT2D eigenvalue weighted by molar-refractivity contribution is -0.139. The fourth-order valence-electron chi connectivity index (χ4n) is 1.59. The zero-order chi connectivity index (χ0) is 11.3. The molecule has 5 heteroatoms. The van der Waals surface area contributed by atoms with Gasteiger partial charge in [0, 0.05) is 26.4 Å². The van der Waals surface area contributed by atoms with Crippen LogP contribution in [0.3, 0.4) is 0 Å². The van der Waals surface area contributed by atoms with Gasteiger partial charge in [-0.1, -0.05) is 0 Å². The maximum absolute atomic E-state index is 11.7. The molecule has 1 aliphatic rings. The summed E-state index contributed by atoms with van der Waals surface area (Å²) in [6.07, 6.45) is 0.365. The largest absolute Gasteiger partial charge is 0.377 e. The van der Waals surface area contributed by atoms with E-state index in [1.807, 2.05) is 11.8 Å². The maximum atomic E-state index is 11.7. The number of hydrogen-bond acceptors (Lipinski definition) is 3. The monoisotopic (exact) mass is 214 g/mol. The SMILES string of the molecule is CC(=O)NCCC(=O)N1CCOCC1C. The summed E-state index contributed by atoms with van der Waals surface area (Å²) < 4.78 is 5.24. The van der Waals surface area contributed by atoms with Crippen molar-refractivity contribution in [3.8, 4) is 0 Å². The Hall–Kier alpha value is -1.10. The van der Waals surface area contributed by atoms with Crippen molar-refractivity contribution in [1.82, 2.24) is 10.2 Å². The van der Waals surface area contributed by atoms with Crippen LogP contribution in [0.5, 0.6) is 0 Å². The first-order valence-electron chi connectivity index (χ1n) is 5.23. The summed E-state index contributed by atoms with van der Waals surface area (Å²) in [7, 11) is 0. The van der Waals surface area contributed by atoms with Gasteiger partial charge in [-0.2, -0.15) is 0 Å².